The number of amidine groups is 1. The fourth-order valence-electron chi connectivity index (χ4n) is 4.61. The summed E-state index contributed by atoms with van der Waals surface area (Å²) < 4.78 is 1.94. The van der Waals surface area contributed by atoms with Crippen LogP contribution in [0.2, 0.25) is 0 Å². The van der Waals surface area contributed by atoms with Gasteiger partial charge in [0, 0.05) is 16.7 Å². The van der Waals surface area contributed by atoms with Gasteiger partial charge in [0.15, 0.2) is 5.71 Å². The molecule has 5 aromatic rings. The van der Waals surface area contributed by atoms with Gasteiger partial charge in [-0.1, -0.05) is 108 Å². The predicted octanol–water partition coefficient (Wildman–Crippen LogP) is 7.08. The second-order valence-corrected chi connectivity index (χ2v) is 12.5. The first-order valence-electron chi connectivity index (χ1n) is 12.4. The first-order valence-corrected chi connectivity index (χ1v) is 15.1. The largest absolute Gasteiger partial charge is 0.497 e. The lowest BCUT2D eigenvalue weighted by molar-refractivity contribution is 0.0176. The van der Waals surface area contributed by atoms with Crippen LogP contribution in [0.4, 0.5) is 0 Å². The summed E-state index contributed by atoms with van der Waals surface area (Å²) in [5, 5.41) is 17.0. The molecule has 6 nitrogen and oxygen atoms in total. The zero-order chi connectivity index (χ0) is 27.5. The summed E-state index contributed by atoms with van der Waals surface area (Å²) in [6.45, 7) is 0. The number of thiocarbonyl (C=S) groups is 1. The minimum absolute atomic E-state index is 0.0382. The van der Waals surface area contributed by atoms with Gasteiger partial charge in [0.2, 0.25) is 10.7 Å². The fraction of sp³-hybridized carbons (Fsp3) is 0.0323. The van der Waals surface area contributed by atoms with Gasteiger partial charge < -0.3 is 15.7 Å². The summed E-state index contributed by atoms with van der Waals surface area (Å²) in [5.74, 6) is 0. The van der Waals surface area contributed by atoms with Crippen LogP contribution in [0.5, 0.6) is 0 Å². The van der Waals surface area contributed by atoms with Gasteiger partial charge in [0.25, 0.3) is 0 Å². The molecule has 0 fully saturated rings. The molecule has 1 aromatic heterocycles. The maximum absolute atomic E-state index is 10.6. The maximum Gasteiger partial charge on any atom is 0.213 e. The van der Waals surface area contributed by atoms with Crippen molar-refractivity contribution in [3.8, 4) is 0 Å². The summed E-state index contributed by atoms with van der Waals surface area (Å²) in [7, 11) is -1.15. The van der Waals surface area contributed by atoms with Gasteiger partial charge in [-0.15, -0.1) is 22.2 Å². The van der Waals surface area contributed by atoms with E-state index in [-0.39, 0.29) is 5.71 Å². The first kappa shape index (κ1) is 25.9. The number of nitrogens with two attached hydrogens (primary N) is 1. The van der Waals surface area contributed by atoms with Crippen molar-refractivity contribution in [3.05, 3.63) is 143 Å². The number of aliphatic hydroxyl groups excluding tert-OH is 1. The highest BCUT2D eigenvalue weighted by atomic mass is 32.2. The molecule has 0 saturated heterocycles. The SMILES string of the molecule is NC1=NC(/C(=N/OC(c2ccccc2)(c2ccccc2)c2ccccc2)C(O)=S)=C[SH]1c1nc2ccccc2s1. The van der Waals surface area contributed by atoms with E-state index < -0.39 is 21.5 Å². The fourth-order valence-corrected chi connectivity index (χ4v) is 7.88. The van der Waals surface area contributed by atoms with Crippen LogP contribution >= 0.6 is 34.4 Å². The van der Waals surface area contributed by atoms with E-state index >= 15 is 0 Å². The summed E-state index contributed by atoms with van der Waals surface area (Å²) in [6, 6.07) is 37.5. The summed E-state index contributed by atoms with van der Waals surface area (Å²) >= 11 is 6.80. The second kappa shape index (κ2) is 11.1. The summed E-state index contributed by atoms with van der Waals surface area (Å²) in [4.78, 5) is 15.8. The average molecular weight is 581 g/mol. The third-order valence-electron chi connectivity index (χ3n) is 6.48. The Morgan fingerprint density at radius 3 is 1.88 bits per heavy atom. The highest BCUT2D eigenvalue weighted by Gasteiger charge is 2.40. The van der Waals surface area contributed by atoms with Gasteiger partial charge in [-0.2, -0.15) is 0 Å². The Morgan fingerprint density at radius 1 is 0.825 bits per heavy atom. The Labute approximate surface area is 243 Å². The number of nitrogens with zero attached hydrogens (tertiary/aromatic N) is 3. The highest BCUT2D eigenvalue weighted by molar-refractivity contribution is 8.33. The first-order chi connectivity index (χ1) is 19.6. The molecule has 0 amide bonds. The van der Waals surface area contributed by atoms with Crippen molar-refractivity contribution in [2.75, 3.05) is 0 Å². The molecule has 198 valence electrons. The number of oxime groups is 1. The van der Waals surface area contributed by atoms with E-state index in [1.54, 1.807) is 11.3 Å². The van der Waals surface area contributed by atoms with E-state index in [9.17, 15) is 5.11 Å². The van der Waals surface area contributed by atoms with E-state index in [4.69, 9.17) is 27.8 Å². The second-order valence-electron chi connectivity index (χ2n) is 8.93. The number of rotatable bonds is 8. The molecule has 0 spiro atoms. The third-order valence-corrected chi connectivity index (χ3v) is 9.99. The van der Waals surface area contributed by atoms with Crippen molar-refractivity contribution >= 4 is 60.6 Å². The summed E-state index contributed by atoms with van der Waals surface area (Å²) in [5.41, 5.74) is 9.15. The molecule has 0 bridgehead atoms. The molecule has 0 radical (unpaired) electrons. The van der Waals surface area contributed by atoms with Crippen molar-refractivity contribution < 1.29 is 9.94 Å². The van der Waals surface area contributed by atoms with Crippen LogP contribution in [0.1, 0.15) is 16.7 Å². The van der Waals surface area contributed by atoms with Crippen molar-refractivity contribution in [1.82, 2.24) is 4.98 Å². The van der Waals surface area contributed by atoms with Gasteiger partial charge in [-0.3, -0.25) is 0 Å². The lowest BCUT2D eigenvalue weighted by Gasteiger charge is -2.33. The molecular formula is C31H24N4O2S3. The number of thiazole rings is 1. The third kappa shape index (κ3) is 4.79. The van der Waals surface area contributed by atoms with Crippen LogP contribution in [-0.2, 0) is 10.4 Å². The molecule has 0 aliphatic carbocycles. The number of aliphatic hydroxyl groups is 1. The Balaban J connectivity index is 1.46. The molecule has 1 unspecified atom stereocenters. The number of hydrogen-bond donors (Lipinski definition) is 3. The zero-order valence-corrected chi connectivity index (χ0v) is 23.6. The van der Waals surface area contributed by atoms with E-state index in [1.165, 1.54) is 0 Å². The molecule has 9 heteroatoms. The molecule has 0 saturated carbocycles. The van der Waals surface area contributed by atoms with Crippen LogP contribution in [0.25, 0.3) is 10.2 Å². The standard InChI is InChI=1S/C31H24N4O2S3/c32-29-33-25(20-40(29)30-34-24-18-10-11-19-26(24)39-30)27(28(36)38)35-37-31(21-12-4-1-5-13-21,22-14-6-2-7-15-22)23-16-8-3-9-17-23/h1-20,40H,(H2,32,33)(H,36,38)/b35-27-. The number of benzene rings is 4. The molecule has 2 heterocycles. The molecule has 1 aliphatic heterocycles. The monoisotopic (exact) mass is 580 g/mol. The van der Waals surface area contributed by atoms with E-state index in [2.05, 4.69) is 10.1 Å². The molecular weight excluding hydrogens is 557 g/mol. The number of aromatic nitrogens is 1. The predicted molar refractivity (Wildman–Crippen MR) is 170 cm³/mol. The van der Waals surface area contributed by atoms with Crippen LogP contribution in [-0.4, -0.2) is 26.0 Å². The van der Waals surface area contributed by atoms with Crippen molar-refractivity contribution in [3.63, 3.8) is 0 Å². The minimum atomic E-state index is -1.15. The Morgan fingerprint density at radius 2 is 1.35 bits per heavy atom. The lowest BCUT2D eigenvalue weighted by Crippen LogP contribution is -2.32. The van der Waals surface area contributed by atoms with E-state index in [0.717, 1.165) is 31.2 Å². The number of aliphatic imine (C=N–C) groups is 1. The smallest absolute Gasteiger partial charge is 0.213 e. The summed E-state index contributed by atoms with van der Waals surface area (Å²) in [6.07, 6.45) is 0. The molecule has 6 rings (SSSR count). The molecule has 4 aromatic carbocycles. The quantitative estimate of drug-likeness (QED) is 0.0600. The van der Waals surface area contributed by atoms with Gasteiger partial charge in [-0.25, -0.2) is 9.98 Å². The minimum Gasteiger partial charge on any atom is -0.497 e. The molecule has 40 heavy (non-hydrogen) atoms. The molecule has 3 N–H and O–H groups in total. The number of fused-ring (bicyclic) bond motifs is 1. The van der Waals surface area contributed by atoms with Crippen LogP contribution < -0.4 is 5.73 Å². The Bertz CT molecular complexity index is 1640. The van der Waals surface area contributed by atoms with Crippen molar-refractivity contribution in [2.45, 2.75) is 9.94 Å². The van der Waals surface area contributed by atoms with Crippen molar-refractivity contribution in [2.24, 2.45) is 15.9 Å². The molecule has 1 aliphatic rings. The van der Waals surface area contributed by atoms with Crippen LogP contribution in [0.15, 0.2) is 141 Å². The highest BCUT2D eigenvalue weighted by Crippen LogP contribution is 2.47. The normalized spacial score (nSPS) is 16.4. The number of para-hydroxylation sites is 1. The maximum atomic E-state index is 10.6. The van der Waals surface area contributed by atoms with E-state index in [0.29, 0.717) is 10.9 Å². The van der Waals surface area contributed by atoms with Gasteiger partial charge >= 0.3 is 0 Å². The van der Waals surface area contributed by atoms with Gasteiger partial charge in [0.05, 0.1) is 10.2 Å². The van der Waals surface area contributed by atoms with Crippen LogP contribution in [0, 0.1) is 0 Å². The Hall–Kier alpha value is -4.31. The van der Waals surface area contributed by atoms with Crippen LogP contribution in [0.3, 0.4) is 0 Å². The van der Waals surface area contributed by atoms with Gasteiger partial charge in [-0.05, 0) is 29.8 Å². The lowest BCUT2D eigenvalue weighted by atomic mass is 9.80. The topological polar surface area (TPSA) is 93.1 Å². The number of thiol groups is 1. The zero-order valence-electron chi connectivity index (χ0n) is 21.1. The van der Waals surface area contributed by atoms with Gasteiger partial charge in [0.1, 0.15) is 15.2 Å². The Kier molecular flexibility index (Phi) is 7.17. The molecule has 1 atom stereocenters. The van der Waals surface area contributed by atoms with Crippen molar-refractivity contribution in [1.29, 1.82) is 0 Å². The average Bonchev–Trinajstić information content (AvgIpc) is 3.60. The van der Waals surface area contributed by atoms with E-state index in [1.807, 2.05) is 121 Å². The number of hydrogen-bond acceptors (Lipinski definition) is 7.